The third-order valence-electron chi connectivity index (χ3n) is 14.9. The summed E-state index contributed by atoms with van der Waals surface area (Å²) in [5, 5.41) is 26.3. The molecule has 0 spiro atoms. The highest BCUT2D eigenvalue weighted by Crippen LogP contribution is 2.59. The molecule has 4 heterocycles. The number of nitriles is 1. The summed E-state index contributed by atoms with van der Waals surface area (Å²) in [6.45, 7) is 22.4. The van der Waals surface area contributed by atoms with Crippen molar-refractivity contribution in [3.05, 3.63) is 99.1 Å². The van der Waals surface area contributed by atoms with Crippen LogP contribution in [0.5, 0.6) is 5.75 Å². The second-order valence-electron chi connectivity index (χ2n) is 21.8. The average molecular weight is 1010 g/mol. The molecule has 0 bridgehead atoms. The van der Waals surface area contributed by atoms with E-state index >= 15 is 0 Å². The number of ether oxygens (including phenoxy) is 2. The van der Waals surface area contributed by atoms with Gasteiger partial charge in [-0.05, 0) is 66.3 Å². The molecule has 71 heavy (non-hydrogen) atoms. The fourth-order valence-electron chi connectivity index (χ4n) is 11.6. The highest BCUT2D eigenvalue weighted by molar-refractivity contribution is 7.13. The molecule has 378 valence electrons. The van der Waals surface area contributed by atoms with E-state index in [0.29, 0.717) is 36.0 Å². The average Bonchev–Trinajstić information content (AvgIpc) is 4.03. The van der Waals surface area contributed by atoms with Crippen LogP contribution in [0.4, 0.5) is 5.69 Å². The van der Waals surface area contributed by atoms with Crippen LogP contribution in [0.1, 0.15) is 101 Å². The Balaban J connectivity index is 0.785. The highest BCUT2D eigenvalue weighted by atomic mass is 35.5. The third kappa shape index (κ3) is 10.7. The molecule has 4 atom stereocenters. The molecule has 8 rings (SSSR count). The molecule has 0 radical (unpaired) electrons. The van der Waals surface area contributed by atoms with E-state index in [1.165, 1.54) is 4.90 Å². The van der Waals surface area contributed by atoms with Gasteiger partial charge in [-0.2, -0.15) is 5.26 Å². The van der Waals surface area contributed by atoms with Gasteiger partial charge in [0.1, 0.15) is 36.6 Å². The van der Waals surface area contributed by atoms with Gasteiger partial charge in [-0.15, -0.1) is 11.3 Å². The quantitative estimate of drug-likeness (QED) is 0.105. The number of thiazole rings is 1. The number of benzene rings is 3. The first-order valence-electron chi connectivity index (χ1n) is 24.5. The number of aliphatic hydroxyl groups excluding tert-OH is 1. The van der Waals surface area contributed by atoms with Crippen molar-refractivity contribution in [2.24, 2.45) is 16.2 Å². The van der Waals surface area contributed by atoms with E-state index in [1.54, 1.807) is 29.5 Å². The Kier molecular flexibility index (Phi) is 15.0. The van der Waals surface area contributed by atoms with Gasteiger partial charge in [0.05, 0.1) is 45.4 Å². The highest BCUT2D eigenvalue weighted by Gasteiger charge is 2.67. The third-order valence-corrected chi connectivity index (χ3v) is 16.2. The number of carbonyl (C=O) groups is 4. The lowest BCUT2D eigenvalue weighted by molar-refractivity contribution is -0.199. The van der Waals surface area contributed by atoms with Crippen molar-refractivity contribution in [2.45, 2.75) is 112 Å². The van der Waals surface area contributed by atoms with E-state index in [9.17, 15) is 29.5 Å². The summed E-state index contributed by atoms with van der Waals surface area (Å²) in [6.07, 6.45) is -0.973. The molecular weight excluding hydrogens is 940 g/mol. The lowest BCUT2D eigenvalue weighted by Crippen LogP contribution is -2.74. The summed E-state index contributed by atoms with van der Waals surface area (Å²) in [6, 6.07) is 19.0. The van der Waals surface area contributed by atoms with Crippen LogP contribution < -0.4 is 20.3 Å². The number of nitrogens with zero attached hydrogens (tertiary/aromatic N) is 6. The predicted octanol–water partition coefficient (Wildman–Crippen LogP) is 6.99. The molecule has 2 saturated heterocycles. The number of aliphatic hydroxyl groups is 1. The first-order valence-corrected chi connectivity index (χ1v) is 25.8. The summed E-state index contributed by atoms with van der Waals surface area (Å²) < 4.78 is 12.3. The molecular formula is C54H67ClN8O7S. The van der Waals surface area contributed by atoms with Crippen molar-refractivity contribution in [3.8, 4) is 22.3 Å². The Labute approximate surface area is 426 Å². The number of hydrogen-bond acceptors (Lipinski definition) is 12. The molecule has 3 fully saturated rings. The first-order chi connectivity index (χ1) is 33.6. The SMILES string of the molecule is Cc1ncsc1-c1ccc([C@H](C)NC(=O)C2C[C@@H](O)CN2C(=O)[C@@H](NC(=O)COCCN2CCN(c3ccc4c(c3)CN(C3C(C)(C)C(Oc5ccc(C#N)c(Cl)c5)C3(C)C)C4=O)CC2)C(C)(C)C)cc1. The fourth-order valence-corrected chi connectivity index (χ4v) is 12.6. The van der Waals surface area contributed by atoms with Gasteiger partial charge in [0.2, 0.25) is 17.7 Å². The van der Waals surface area contributed by atoms with E-state index in [0.717, 1.165) is 64.7 Å². The number of anilines is 1. The minimum atomic E-state index is -0.960. The maximum Gasteiger partial charge on any atom is 0.254 e. The van der Waals surface area contributed by atoms with Crippen LogP contribution in [0, 0.1) is 34.5 Å². The Morgan fingerprint density at radius 1 is 1.00 bits per heavy atom. The summed E-state index contributed by atoms with van der Waals surface area (Å²) in [5.74, 6) is -0.599. The van der Waals surface area contributed by atoms with Crippen molar-refractivity contribution < 1.29 is 33.8 Å². The number of β-amino-alcohol motifs (C(OH)–C–C–N with tert-alkyl or cyclic N) is 1. The molecule has 3 N–H and O–H groups in total. The Hall–Kier alpha value is -5.57. The summed E-state index contributed by atoms with van der Waals surface area (Å²) >= 11 is 7.89. The van der Waals surface area contributed by atoms with Gasteiger partial charge >= 0.3 is 0 Å². The lowest BCUT2D eigenvalue weighted by atomic mass is 9.49. The molecule has 3 aliphatic heterocycles. The van der Waals surface area contributed by atoms with Gasteiger partial charge in [-0.3, -0.25) is 24.1 Å². The number of aromatic nitrogens is 1. The molecule has 1 unspecified atom stereocenters. The van der Waals surface area contributed by atoms with Gasteiger partial charge < -0.3 is 39.9 Å². The lowest BCUT2D eigenvalue weighted by Gasteiger charge is -2.65. The van der Waals surface area contributed by atoms with Crippen molar-refractivity contribution >= 4 is 52.3 Å². The van der Waals surface area contributed by atoms with E-state index < -0.39 is 35.4 Å². The van der Waals surface area contributed by atoms with Gasteiger partial charge in [-0.25, -0.2) is 4.98 Å². The molecule has 15 nitrogen and oxygen atoms in total. The smallest absolute Gasteiger partial charge is 0.254 e. The summed E-state index contributed by atoms with van der Waals surface area (Å²) in [5.41, 5.74) is 6.54. The van der Waals surface area contributed by atoms with Crippen LogP contribution >= 0.6 is 22.9 Å². The summed E-state index contributed by atoms with van der Waals surface area (Å²) in [7, 11) is 0. The number of amides is 4. The number of hydrogen-bond donors (Lipinski definition) is 3. The van der Waals surface area contributed by atoms with Gasteiger partial charge in [-0.1, -0.05) is 84.3 Å². The zero-order valence-electron chi connectivity index (χ0n) is 42.3. The normalized spacial score (nSPS) is 22.6. The maximum absolute atomic E-state index is 14.2. The van der Waals surface area contributed by atoms with Gasteiger partial charge in [0.15, 0.2) is 0 Å². The number of carbonyl (C=O) groups excluding carboxylic acids is 4. The molecule has 1 saturated carbocycles. The minimum absolute atomic E-state index is 0.0142. The number of likely N-dealkylation sites (tertiary alicyclic amines) is 1. The van der Waals surface area contributed by atoms with E-state index in [1.807, 2.05) is 81.4 Å². The second-order valence-corrected chi connectivity index (χ2v) is 23.1. The van der Waals surface area contributed by atoms with Gasteiger partial charge in [0.25, 0.3) is 5.91 Å². The predicted molar refractivity (Wildman–Crippen MR) is 274 cm³/mol. The van der Waals surface area contributed by atoms with E-state index in [2.05, 4.69) is 65.2 Å². The number of nitrogens with one attached hydrogen (secondary N) is 2. The molecule has 4 aromatic rings. The van der Waals surface area contributed by atoms with Crippen molar-refractivity contribution in [1.82, 2.24) is 30.3 Å². The number of piperazine rings is 1. The van der Waals surface area contributed by atoms with Crippen LogP contribution in [-0.2, 0) is 25.7 Å². The Morgan fingerprint density at radius 2 is 1.70 bits per heavy atom. The largest absolute Gasteiger partial charge is 0.489 e. The zero-order chi connectivity index (χ0) is 51.2. The number of halogens is 1. The van der Waals surface area contributed by atoms with Crippen molar-refractivity contribution in [3.63, 3.8) is 0 Å². The molecule has 4 aliphatic rings. The van der Waals surface area contributed by atoms with Crippen molar-refractivity contribution in [1.29, 1.82) is 5.26 Å². The topological polar surface area (TPSA) is 181 Å². The van der Waals surface area contributed by atoms with Crippen LogP contribution in [0.3, 0.4) is 0 Å². The molecule has 4 amide bonds. The van der Waals surface area contributed by atoms with E-state index in [-0.39, 0.29) is 60.4 Å². The zero-order valence-corrected chi connectivity index (χ0v) is 43.8. The Morgan fingerprint density at radius 3 is 2.34 bits per heavy atom. The second kappa shape index (κ2) is 20.5. The molecule has 1 aromatic heterocycles. The first kappa shape index (κ1) is 51.8. The van der Waals surface area contributed by atoms with Crippen LogP contribution in [-0.4, -0.2) is 131 Å². The number of rotatable bonds is 15. The minimum Gasteiger partial charge on any atom is -0.489 e. The maximum atomic E-state index is 14.2. The fraction of sp³-hybridized carbons (Fsp3) is 0.519. The number of fused-ring (bicyclic) bond motifs is 1. The molecule has 17 heteroatoms. The van der Waals surface area contributed by atoms with Gasteiger partial charge in [0, 0.05) is 86.4 Å². The van der Waals surface area contributed by atoms with E-state index in [4.69, 9.17) is 21.1 Å². The molecule has 3 aromatic carbocycles. The van der Waals surface area contributed by atoms with Crippen LogP contribution in [0.2, 0.25) is 5.02 Å². The standard InChI is InChI=1S/C54H67ClN8O7S/c1-32(34-10-12-35(13-11-34)45-33(2)57-31-71-45)58-47(66)43-25-39(64)29-62(43)49(68)46(52(3,4)5)59-44(65)30-69-23-22-60-18-20-61(21-19-60)38-15-17-41-37(24-38)28-63(48(41)67)50-53(6,7)51(54(50,8)9)70-40-16-14-36(27-56)42(55)26-40/h10-17,24,26,31-32,39,43,46,50-51,64H,18-23,25,28-30H2,1-9H3,(H,58,66)(H,59,65)/t32-,39+,43?,46+,50?,51?/m0/s1. The van der Waals surface area contributed by atoms with Crippen LogP contribution in [0.15, 0.2) is 66.2 Å². The number of aryl methyl sites for hydroxylation is 1. The summed E-state index contributed by atoms with van der Waals surface area (Å²) in [4.78, 5) is 68.6. The Bertz CT molecular complexity index is 2670. The van der Waals surface area contributed by atoms with Crippen LogP contribution in [0.25, 0.3) is 10.4 Å². The monoisotopic (exact) mass is 1010 g/mol. The molecule has 1 aliphatic carbocycles. The van der Waals surface area contributed by atoms with Crippen molar-refractivity contribution in [2.75, 3.05) is 57.4 Å².